The van der Waals surface area contributed by atoms with E-state index in [1.165, 1.54) is 0 Å². The highest BCUT2D eigenvalue weighted by Crippen LogP contribution is 2.35. The highest BCUT2D eigenvalue weighted by molar-refractivity contribution is 5.96. The maximum Gasteiger partial charge on any atom is 0.162 e. The van der Waals surface area contributed by atoms with Crippen molar-refractivity contribution < 1.29 is 14.3 Å². The summed E-state index contributed by atoms with van der Waals surface area (Å²) in [6.45, 7) is 6.84. The summed E-state index contributed by atoms with van der Waals surface area (Å²) in [5.41, 5.74) is 1.76. The van der Waals surface area contributed by atoms with Crippen LogP contribution < -0.4 is 9.47 Å². The number of hydrogen-bond acceptors (Lipinski definition) is 3. The van der Waals surface area contributed by atoms with Gasteiger partial charge in [0.1, 0.15) is 13.2 Å². The minimum atomic E-state index is 0.0701. The molecule has 0 unspecified atom stereocenters. The zero-order chi connectivity index (χ0) is 11.7. The molecule has 0 amide bonds. The Hall–Kier alpha value is -1.51. The molecule has 0 N–H and O–H groups in total. The SMILES string of the molecule is CC(=O)c1cc2c(cc1C(C)C)OCCO2. The van der Waals surface area contributed by atoms with Gasteiger partial charge in [-0.25, -0.2) is 0 Å². The predicted octanol–water partition coefficient (Wildman–Crippen LogP) is 2.78. The van der Waals surface area contributed by atoms with Gasteiger partial charge >= 0.3 is 0 Å². The predicted molar refractivity (Wildman–Crippen MR) is 61.5 cm³/mol. The fourth-order valence-electron chi connectivity index (χ4n) is 1.89. The normalized spacial score (nSPS) is 14.0. The lowest BCUT2D eigenvalue weighted by Gasteiger charge is -2.21. The highest BCUT2D eigenvalue weighted by atomic mass is 16.6. The number of rotatable bonds is 2. The maximum atomic E-state index is 11.6. The van der Waals surface area contributed by atoms with Crippen LogP contribution in [0.2, 0.25) is 0 Å². The average Bonchev–Trinajstić information content (AvgIpc) is 2.27. The molecule has 16 heavy (non-hydrogen) atoms. The molecule has 0 spiro atoms. The molecule has 0 aliphatic carbocycles. The summed E-state index contributed by atoms with van der Waals surface area (Å²) in [4.78, 5) is 11.6. The van der Waals surface area contributed by atoms with Gasteiger partial charge in [0.05, 0.1) is 0 Å². The van der Waals surface area contributed by atoms with E-state index in [2.05, 4.69) is 13.8 Å². The molecule has 1 aliphatic heterocycles. The number of carbonyl (C=O) groups is 1. The summed E-state index contributed by atoms with van der Waals surface area (Å²) in [5.74, 6) is 1.80. The first-order valence-electron chi connectivity index (χ1n) is 5.54. The standard InChI is InChI=1S/C13H16O3/c1-8(2)10-6-12-13(16-5-4-15-12)7-11(10)9(3)14/h6-8H,4-5H2,1-3H3. The van der Waals surface area contributed by atoms with Gasteiger partial charge < -0.3 is 9.47 Å². The van der Waals surface area contributed by atoms with Crippen molar-refractivity contribution in [3.05, 3.63) is 23.3 Å². The van der Waals surface area contributed by atoms with Crippen LogP contribution in [0.4, 0.5) is 0 Å². The van der Waals surface area contributed by atoms with E-state index < -0.39 is 0 Å². The van der Waals surface area contributed by atoms with Crippen LogP contribution >= 0.6 is 0 Å². The second-order valence-electron chi connectivity index (χ2n) is 4.29. The zero-order valence-electron chi connectivity index (χ0n) is 9.87. The van der Waals surface area contributed by atoms with Crippen molar-refractivity contribution in [1.82, 2.24) is 0 Å². The van der Waals surface area contributed by atoms with Crippen molar-refractivity contribution in [2.45, 2.75) is 26.7 Å². The molecule has 1 heterocycles. The van der Waals surface area contributed by atoms with Gasteiger partial charge in [-0.05, 0) is 30.5 Å². The summed E-state index contributed by atoms with van der Waals surface area (Å²) in [7, 11) is 0. The van der Waals surface area contributed by atoms with E-state index in [1.807, 2.05) is 6.07 Å². The highest BCUT2D eigenvalue weighted by Gasteiger charge is 2.19. The Morgan fingerprint density at radius 1 is 1.19 bits per heavy atom. The molecule has 86 valence electrons. The second-order valence-corrected chi connectivity index (χ2v) is 4.29. The van der Waals surface area contributed by atoms with E-state index in [-0.39, 0.29) is 5.78 Å². The summed E-state index contributed by atoms with van der Waals surface area (Å²) in [6.07, 6.45) is 0. The van der Waals surface area contributed by atoms with E-state index in [4.69, 9.17) is 9.47 Å². The molecule has 1 aliphatic rings. The third kappa shape index (κ3) is 1.90. The summed E-state index contributed by atoms with van der Waals surface area (Å²) in [6, 6.07) is 3.72. The van der Waals surface area contributed by atoms with Crippen molar-refractivity contribution >= 4 is 5.78 Å². The van der Waals surface area contributed by atoms with E-state index in [0.29, 0.717) is 24.9 Å². The van der Waals surface area contributed by atoms with Gasteiger partial charge in [0.15, 0.2) is 17.3 Å². The Balaban J connectivity index is 2.54. The number of hydrogen-bond donors (Lipinski definition) is 0. The largest absolute Gasteiger partial charge is 0.486 e. The Bertz CT molecular complexity index is 421. The van der Waals surface area contributed by atoms with Crippen LogP contribution in [0.3, 0.4) is 0 Å². The van der Waals surface area contributed by atoms with E-state index in [1.54, 1.807) is 13.0 Å². The van der Waals surface area contributed by atoms with Crippen molar-refractivity contribution in [3.63, 3.8) is 0 Å². The van der Waals surface area contributed by atoms with Crippen LogP contribution in [0.15, 0.2) is 12.1 Å². The Labute approximate surface area is 95.4 Å². The van der Waals surface area contributed by atoms with E-state index in [9.17, 15) is 4.79 Å². The molecular formula is C13H16O3. The molecule has 0 fully saturated rings. The van der Waals surface area contributed by atoms with Crippen molar-refractivity contribution in [3.8, 4) is 11.5 Å². The molecule has 0 radical (unpaired) electrons. The minimum absolute atomic E-state index is 0.0701. The van der Waals surface area contributed by atoms with Crippen LogP contribution in [0, 0.1) is 0 Å². The third-order valence-electron chi connectivity index (χ3n) is 2.72. The van der Waals surface area contributed by atoms with Gasteiger partial charge in [-0.15, -0.1) is 0 Å². The number of ether oxygens (including phenoxy) is 2. The average molecular weight is 220 g/mol. The zero-order valence-corrected chi connectivity index (χ0v) is 9.87. The first-order chi connectivity index (χ1) is 7.59. The number of ketones is 1. The molecule has 0 saturated carbocycles. The fourth-order valence-corrected chi connectivity index (χ4v) is 1.89. The van der Waals surface area contributed by atoms with Crippen LogP contribution in [0.1, 0.15) is 42.6 Å². The Morgan fingerprint density at radius 3 is 2.25 bits per heavy atom. The molecule has 0 aromatic heterocycles. The summed E-state index contributed by atoms with van der Waals surface area (Å²) >= 11 is 0. The molecule has 1 aromatic carbocycles. The number of carbonyl (C=O) groups excluding carboxylic acids is 1. The minimum Gasteiger partial charge on any atom is -0.486 e. The molecule has 2 rings (SSSR count). The van der Waals surface area contributed by atoms with Crippen molar-refractivity contribution in [1.29, 1.82) is 0 Å². The summed E-state index contributed by atoms with van der Waals surface area (Å²) in [5, 5.41) is 0. The molecule has 0 saturated heterocycles. The quantitative estimate of drug-likeness (QED) is 0.719. The smallest absolute Gasteiger partial charge is 0.162 e. The maximum absolute atomic E-state index is 11.6. The molecule has 1 aromatic rings. The Kier molecular flexibility index (Phi) is 2.86. The van der Waals surface area contributed by atoms with E-state index in [0.717, 1.165) is 16.9 Å². The van der Waals surface area contributed by atoms with E-state index >= 15 is 0 Å². The number of fused-ring (bicyclic) bond motifs is 1. The second kappa shape index (κ2) is 4.16. The summed E-state index contributed by atoms with van der Waals surface area (Å²) < 4.78 is 11.0. The number of benzene rings is 1. The van der Waals surface area contributed by atoms with Gasteiger partial charge in [-0.1, -0.05) is 13.8 Å². The molecule has 0 bridgehead atoms. The molecular weight excluding hydrogens is 204 g/mol. The molecule has 3 nitrogen and oxygen atoms in total. The fraction of sp³-hybridized carbons (Fsp3) is 0.462. The first kappa shape index (κ1) is 11.0. The first-order valence-corrected chi connectivity index (χ1v) is 5.54. The van der Waals surface area contributed by atoms with Crippen LogP contribution in [-0.2, 0) is 0 Å². The lowest BCUT2D eigenvalue weighted by molar-refractivity contribution is 0.101. The van der Waals surface area contributed by atoms with Crippen LogP contribution in [-0.4, -0.2) is 19.0 Å². The van der Waals surface area contributed by atoms with Gasteiger partial charge in [0.2, 0.25) is 0 Å². The molecule has 3 heteroatoms. The lowest BCUT2D eigenvalue weighted by atomic mass is 9.94. The monoisotopic (exact) mass is 220 g/mol. The van der Waals surface area contributed by atoms with Gasteiger partial charge in [-0.3, -0.25) is 4.79 Å². The van der Waals surface area contributed by atoms with Crippen molar-refractivity contribution in [2.75, 3.05) is 13.2 Å². The Morgan fingerprint density at radius 2 is 1.75 bits per heavy atom. The van der Waals surface area contributed by atoms with Crippen LogP contribution in [0.5, 0.6) is 11.5 Å². The lowest BCUT2D eigenvalue weighted by Crippen LogP contribution is -2.16. The van der Waals surface area contributed by atoms with Gasteiger partial charge in [0, 0.05) is 5.56 Å². The topological polar surface area (TPSA) is 35.5 Å². The van der Waals surface area contributed by atoms with Crippen molar-refractivity contribution in [2.24, 2.45) is 0 Å². The van der Waals surface area contributed by atoms with Crippen LogP contribution in [0.25, 0.3) is 0 Å². The van der Waals surface area contributed by atoms with Gasteiger partial charge in [-0.2, -0.15) is 0 Å². The molecule has 0 atom stereocenters. The number of Topliss-reactive ketones (excluding diaryl/α,β-unsaturated/α-hetero) is 1. The van der Waals surface area contributed by atoms with Gasteiger partial charge in [0.25, 0.3) is 0 Å². The third-order valence-corrected chi connectivity index (χ3v) is 2.72.